The predicted octanol–water partition coefficient (Wildman–Crippen LogP) is 1.80. The van der Waals surface area contributed by atoms with Crippen LogP contribution < -0.4 is 10.0 Å². The van der Waals surface area contributed by atoms with Crippen molar-refractivity contribution in [3.8, 4) is 0 Å². The summed E-state index contributed by atoms with van der Waals surface area (Å²) in [6.45, 7) is -0.452. The summed E-state index contributed by atoms with van der Waals surface area (Å²) in [5.41, 5.74) is 0.473. The number of sulfonamides is 1. The Balaban J connectivity index is 2.02. The zero-order valence-electron chi connectivity index (χ0n) is 9.57. The van der Waals surface area contributed by atoms with E-state index >= 15 is 0 Å². The fourth-order valence-corrected chi connectivity index (χ4v) is 2.74. The van der Waals surface area contributed by atoms with Crippen molar-refractivity contribution in [1.82, 2.24) is 4.72 Å². The molecular formula is C11H14F2N2O2S. The first-order valence-electron chi connectivity index (χ1n) is 5.62. The van der Waals surface area contributed by atoms with Crippen LogP contribution in [0.15, 0.2) is 29.2 Å². The molecule has 1 saturated carbocycles. The first-order valence-corrected chi connectivity index (χ1v) is 7.10. The highest BCUT2D eigenvalue weighted by Gasteiger charge is 2.27. The lowest BCUT2D eigenvalue weighted by atomic mass is 10.3. The molecule has 1 aromatic rings. The van der Waals surface area contributed by atoms with E-state index in [1.165, 1.54) is 24.3 Å². The second kappa shape index (κ2) is 5.19. The summed E-state index contributed by atoms with van der Waals surface area (Å²) in [4.78, 5) is 0.150. The molecule has 0 aliphatic heterocycles. The minimum Gasteiger partial charge on any atom is -0.379 e. The van der Waals surface area contributed by atoms with Crippen LogP contribution in [0.3, 0.4) is 0 Å². The summed E-state index contributed by atoms with van der Waals surface area (Å²) >= 11 is 0. The fraction of sp³-hybridized carbons (Fsp3) is 0.455. The van der Waals surface area contributed by atoms with Gasteiger partial charge in [0.15, 0.2) is 0 Å². The SMILES string of the molecule is O=S(=O)(NC1CC1)c1ccc(NCC(F)F)cc1. The average molecular weight is 276 g/mol. The highest BCUT2D eigenvalue weighted by atomic mass is 32.2. The van der Waals surface area contributed by atoms with Crippen LogP contribution in [0.5, 0.6) is 0 Å². The second-order valence-electron chi connectivity index (χ2n) is 4.19. The Kier molecular flexibility index (Phi) is 3.82. The summed E-state index contributed by atoms with van der Waals surface area (Å²) in [5.74, 6) is 0. The summed E-state index contributed by atoms with van der Waals surface area (Å²) in [6, 6.07) is 5.80. The Bertz CT molecular complexity index is 498. The Morgan fingerprint density at radius 3 is 2.33 bits per heavy atom. The molecule has 4 nitrogen and oxygen atoms in total. The quantitative estimate of drug-likeness (QED) is 0.833. The highest BCUT2D eigenvalue weighted by Crippen LogP contribution is 2.22. The van der Waals surface area contributed by atoms with E-state index in [1.54, 1.807) is 0 Å². The first kappa shape index (κ1) is 13.2. The van der Waals surface area contributed by atoms with Gasteiger partial charge in [-0.1, -0.05) is 0 Å². The lowest BCUT2D eigenvalue weighted by Crippen LogP contribution is -2.25. The van der Waals surface area contributed by atoms with Crippen LogP contribution in [0.4, 0.5) is 14.5 Å². The molecule has 0 bridgehead atoms. The van der Waals surface area contributed by atoms with Crippen LogP contribution in [0.2, 0.25) is 0 Å². The molecule has 0 spiro atoms. The standard InChI is InChI=1S/C11H14F2N2O2S/c12-11(13)7-14-8-3-5-10(6-4-8)18(16,17)15-9-1-2-9/h3-6,9,11,14-15H,1-2,7H2. The lowest BCUT2D eigenvalue weighted by Gasteiger charge is -2.08. The summed E-state index contributed by atoms with van der Waals surface area (Å²) in [7, 11) is -3.47. The zero-order chi connectivity index (χ0) is 13.2. The minimum atomic E-state index is -3.47. The van der Waals surface area contributed by atoms with Crippen LogP contribution in [0, 0.1) is 0 Å². The molecule has 0 amide bonds. The number of anilines is 1. The van der Waals surface area contributed by atoms with Gasteiger partial charge < -0.3 is 5.32 Å². The monoisotopic (exact) mass is 276 g/mol. The molecular weight excluding hydrogens is 262 g/mol. The van der Waals surface area contributed by atoms with Crippen molar-refractivity contribution in [3.05, 3.63) is 24.3 Å². The molecule has 0 atom stereocenters. The maximum absolute atomic E-state index is 12.0. The van der Waals surface area contributed by atoms with E-state index in [2.05, 4.69) is 10.0 Å². The third-order valence-corrected chi connectivity index (χ3v) is 4.06. The van der Waals surface area contributed by atoms with Gasteiger partial charge in [-0.2, -0.15) is 0 Å². The molecule has 18 heavy (non-hydrogen) atoms. The van der Waals surface area contributed by atoms with Gasteiger partial charge in [0.25, 0.3) is 6.43 Å². The van der Waals surface area contributed by atoms with Crippen LogP contribution in [0.1, 0.15) is 12.8 Å². The van der Waals surface area contributed by atoms with Crippen molar-refractivity contribution in [1.29, 1.82) is 0 Å². The number of hydrogen-bond donors (Lipinski definition) is 2. The molecule has 0 saturated heterocycles. The molecule has 1 aromatic carbocycles. The Morgan fingerprint density at radius 1 is 1.22 bits per heavy atom. The van der Waals surface area contributed by atoms with Crippen molar-refractivity contribution in [3.63, 3.8) is 0 Å². The van der Waals surface area contributed by atoms with Crippen molar-refractivity contribution in [2.45, 2.75) is 30.2 Å². The normalized spacial score (nSPS) is 15.9. The number of rotatable bonds is 6. The third kappa shape index (κ3) is 3.64. The van der Waals surface area contributed by atoms with E-state index in [-0.39, 0.29) is 10.9 Å². The molecule has 2 N–H and O–H groups in total. The van der Waals surface area contributed by atoms with Gasteiger partial charge in [-0.15, -0.1) is 0 Å². The molecule has 0 heterocycles. The van der Waals surface area contributed by atoms with Crippen molar-refractivity contribution in [2.24, 2.45) is 0 Å². The molecule has 7 heteroatoms. The number of alkyl halides is 2. The van der Waals surface area contributed by atoms with Crippen LogP contribution in [0.25, 0.3) is 0 Å². The second-order valence-corrected chi connectivity index (χ2v) is 5.91. The van der Waals surface area contributed by atoms with Gasteiger partial charge in [0.05, 0.1) is 11.4 Å². The highest BCUT2D eigenvalue weighted by molar-refractivity contribution is 7.89. The first-order chi connectivity index (χ1) is 8.47. The molecule has 1 fully saturated rings. The minimum absolute atomic E-state index is 0.0478. The van der Waals surface area contributed by atoms with E-state index in [1.807, 2.05) is 0 Å². The Hall–Kier alpha value is -1.21. The summed E-state index contributed by atoms with van der Waals surface area (Å²) in [6.07, 6.45) is -0.703. The van der Waals surface area contributed by atoms with Crippen LogP contribution in [-0.2, 0) is 10.0 Å². The van der Waals surface area contributed by atoms with Crippen LogP contribution >= 0.6 is 0 Å². The third-order valence-electron chi connectivity index (χ3n) is 2.52. The fourth-order valence-electron chi connectivity index (χ4n) is 1.44. The van der Waals surface area contributed by atoms with Gasteiger partial charge in [0, 0.05) is 11.7 Å². The van der Waals surface area contributed by atoms with E-state index in [0.29, 0.717) is 5.69 Å². The maximum atomic E-state index is 12.0. The topological polar surface area (TPSA) is 58.2 Å². The Morgan fingerprint density at radius 2 is 1.83 bits per heavy atom. The molecule has 0 radical (unpaired) electrons. The zero-order valence-corrected chi connectivity index (χ0v) is 10.4. The molecule has 2 rings (SSSR count). The van der Waals surface area contributed by atoms with Gasteiger partial charge in [-0.3, -0.25) is 0 Å². The number of nitrogens with one attached hydrogen (secondary N) is 2. The number of benzene rings is 1. The molecule has 0 aromatic heterocycles. The molecule has 0 unspecified atom stereocenters. The van der Waals surface area contributed by atoms with E-state index in [9.17, 15) is 17.2 Å². The average Bonchev–Trinajstić information content (AvgIpc) is 3.10. The van der Waals surface area contributed by atoms with Gasteiger partial charge in [-0.05, 0) is 37.1 Å². The Labute approximate surface area is 104 Å². The smallest absolute Gasteiger partial charge is 0.255 e. The predicted molar refractivity (Wildman–Crippen MR) is 64.3 cm³/mol. The lowest BCUT2D eigenvalue weighted by molar-refractivity contribution is 0.163. The van der Waals surface area contributed by atoms with Crippen LogP contribution in [-0.4, -0.2) is 27.4 Å². The van der Waals surface area contributed by atoms with E-state index in [0.717, 1.165) is 12.8 Å². The van der Waals surface area contributed by atoms with Gasteiger partial charge >= 0.3 is 0 Å². The summed E-state index contributed by atoms with van der Waals surface area (Å²) < 4.78 is 50.1. The molecule has 100 valence electrons. The largest absolute Gasteiger partial charge is 0.379 e. The van der Waals surface area contributed by atoms with Gasteiger partial charge in [0.2, 0.25) is 10.0 Å². The summed E-state index contributed by atoms with van der Waals surface area (Å²) in [5, 5.41) is 2.51. The van der Waals surface area contributed by atoms with Crippen molar-refractivity contribution >= 4 is 15.7 Å². The molecule has 1 aliphatic carbocycles. The maximum Gasteiger partial charge on any atom is 0.255 e. The van der Waals surface area contributed by atoms with E-state index < -0.39 is 23.0 Å². The van der Waals surface area contributed by atoms with Crippen molar-refractivity contribution < 1.29 is 17.2 Å². The van der Waals surface area contributed by atoms with E-state index in [4.69, 9.17) is 0 Å². The number of hydrogen-bond acceptors (Lipinski definition) is 3. The number of halogens is 2. The van der Waals surface area contributed by atoms with Gasteiger partial charge in [0.1, 0.15) is 0 Å². The van der Waals surface area contributed by atoms with Gasteiger partial charge in [-0.25, -0.2) is 21.9 Å². The molecule has 1 aliphatic rings. The van der Waals surface area contributed by atoms with Crippen molar-refractivity contribution in [2.75, 3.05) is 11.9 Å².